The lowest BCUT2D eigenvalue weighted by Crippen LogP contribution is -2.39. The summed E-state index contributed by atoms with van der Waals surface area (Å²) in [6.45, 7) is 2.26. The first-order valence-corrected chi connectivity index (χ1v) is 7.52. The standard InChI is InChI=1S/C16H21ClN2O2.ClH/c1-21-15-4-3-14(17)10-13(15)2-5-16(20)19-8-6-12(11-18)7-9-19;/h2-5,10,12H,6-9,11,18H2,1H3;1H/b5-2+;. The van der Waals surface area contributed by atoms with E-state index in [0.717, 1.165) is 31.5 Å². The number of nitrogens with zero attached hydrogens (tertiary/aromatic N) is 1. The number of nitrogens with two attached hydrogens (primary N) is 1. The van der Waals surface area contributed by atoms with Gasteiger partial charge >= 0.3 is 0 Å². The van der Waals surface area contributed by atoms with Gasteiger partial charge in [0.2, 0.25) is 5.91 Å². The van der Waals surface area contributed by atoms with Crippen molar-refractivity contribution in [3.8, 4) is 5.75 Å². The summed E-state index contributed by atoms with van der Waals surface area (Å²) in [7, 11) is 1.60. The van der Waals surface area contributed by atoms with Gasteiger partial charge in [-0.25, -0.2) is 0 Å². The van der Waals surface area contributed by atoms with Gasteiger partial charge in [-0.2, -0.15) is 0 Å². The van der Waals surface area contributed by atoms with Crippen LogP contribution in [0.2, 0.25) is 5.02 Å². The van der Waals surface area contributed by atoms with Gasteiger partial charge < -0.3 is 15.4 Å². The predicted molar refractivity (Wildman–Crippen MR) is 92.6 cm³/mol. The molecule has 1 fully saturated rings. The molecule has 0 atom stereocenters. The number of methoxy groups -OCH3 is 1. The predicted octanol–water partition coefficient (Wildman–Crippen LogP) is 2.98. The maximum Gasteiger partial charge on any atom is 0.246 e. The SMILES string of the molecule is COc1ccc(Cl)cc1/C=C/C(=O)N1CCC(CN)CC1.Cl. The van der Waals surface area contributed by atoms with Crippen molar-refractivity contribution in [3.63, 3.8) is 0 Å². The lowest BCUT2D eigenvalue weighted by molar-refractivity contribution is -0.127. The second kappa shape index (κ2) is 9.03. The molecule has 1 aromatic carbocycles. The Hall–Kier alpha value is -1.23. The maximum atomic E-state index is 12.2. The van der Waals surface area contributed by atoms with Gasteiger partial charge in [-0.3, -0.25) is 4.79 Å². The molecular weight excluding hydrogens is 323 g/mol. The van der Waals surface area contributed by atoms with Crippen LogP contribution in [0.1, 0.15) is 18.4 Å². The maximum absolute atomic E-state index is 12.2. The van der Waals surface area contributed by atoms with Crippen LogP contribution in [0.15, 0.2) is 24.3 Å². The average molecular weight is 345 g/mol. The van der Waals surface area contributed by atoms with Crippen molar-refractivity contribution >= 4 is 36.0 Å². The largest absolute Gasteiger partial charge is 0.496 e. The fourth-order valence-corrected chi connectivity index (χ4v) is 2.67. The summed E-state index contributed by atoms with van der Waals surface area (Å²) in [5.74, 6) is 1.27. The van der Waals surface area contributed by atoms with E-state index in [1.807, 2.05) is 4.90 Å². The Kier molecular flexibility index (Phi) is 7.73. The molecule has 0 unspecified atom stereocenters. The first-order valence-electron chi connectivity index (χ1n) is 7.14. The molecule has 1 saturated heterocycles. The lowest BCUT2D eigenvalue weighted by atomic mass is 9.97. The molecule has 1 amide bonds. The number of halogens is 2. The number of piperidine rings is 1. The number of amides is 1. The third-order valence-electron chi connectivity index (χ3n) is 3.86. The van der Waals surface area contributed by atoms with Crippen molar-refractivity contribution in [1.82, 2.24) is 4.90 Å². The van der Waals surface area contributed by atoms with Gasteiger partial charge in [0.15, 0.2) is 0 Å². The molecule has 1 aliphatic heterocycles. The van der Waals surface area contributed by atoms with E-state index in [-0.39, 0.29) is 18.3 Å². The summed E-state index contributed by atoms with van der Waals surface area (Å²) in [5.41, 5.74) is 6.46. The van der Waals surface area contributed by atoms with Crippen molar-refractivity contribution < 1.29 is 9.53 Å². The van der Waals surface area contributed by atoms with E-state index in [2.05, 4.69) is 0 Å². The molecule has 1 aromatic rings. The fraction of sp³-hybridized carbons (Fsp3) is 0.438. The minimum absolute atomic E-state index is 0. The molecule has 2 rings (SSSR count). The minimum Gasteiger partial charge on any atom is -0.496 e. The van der Waals surface area contributed by atoms with Gasteiger partial charge in [-0.1, -0.05) is 11.6 Å². The molecule has 6 heteroatoms. The summed E-state index contributed by atoms with van der Waals surface area (Å²) >= 11 is 5.97. The molecule has 2 N–H and O–H groups in total. The number of ether oxygens (including phenoxy) is 1. The lowest BCUT2D eigenvalue weighted by Gasteiger charge is -2.30. The fourth-order valence-electron chi connectivity index (χ4n) is 2.49. The highest BCUT2D eigenvalue weighted by Crippen LogP contribution is 2.24. The molecule has 0 radical (unpaired) electrons. The number of hydrogen-bond acceptors (Lipinski definition) is 3. The van der Waals surface area contributed by atoms with E-state index in [9.17, 15) is 4.79 Å². The number of benzene rings is 1. The second-order valence-corrected chi connectivity index (χ2v) is 5.66. The highest BCUT2D eigenvalue weighted by atomic mass is 35.5. The molecule has 4 nitrogen and oxygen atoms in total. The van der Waals surface area contributed by atoms with Crippen molar-refractivity contribution in [2.45, 2.75) is 12.8 Å². The molecule has 1 heterocycles. The molecule has 0 saturated carbocycles. The number of hydrogen-bond donors (Lipinski definition) is 1. The van der Waals surface area contributed by atoms with E-state index in [1.54, 1.807) is 37.5 Å². The zero-order valence-corrected chi connectivity index (χ0v) is 14.2. The highest BCUT2D eigenvalue weighted by Gasteiger charge is 2.20. The van der Waals surface area contributed by atoms with Crippen molar-refractivity contribution in [3.05, 3.63) is 34.9 Å². The van der Waals surface area contributed by atoms with E-state index >= 15 is 0 Å². The molecular formula is C16H22Cl2N2O2. The van der Waals surface area contributed by atoms with Crippen LogP contribution in [0.5, 0.6) is 5.75 Å². The molecule has 1 aliphatic rings. The van der Waals surface area contributed by atoms with Crippen LogP contribution in [0.25, 0.3) is 6.08 Å². The molecule has 0 aromatic heterocycles. The van der Waals surface area contributed by atoms with E-state index in [1.165, 1.54) is 0 Å². The van der Waals surface area contributed by atoms with Gasteiger partial charge in [0.1, 0.15) is 5.75 Å². The Labute approximate surface area is 142 Å². The number of rotatable bonds is 4. The van der Waals surface area contributed by atoms with Crippen molar-refractivity contribution in [1.29, 1.82) is 0 Å². The Balaban J connectivity index is 0.00000242. The smallest absolute Gasteiger partial charge is 0.246 e. The minimum atomic E-state index is 0. The van der Waals surface area contributed by atoms with Crippen molar-refractivity contribution in [2.24, 2.45) is 11.7 Å². The summed E-state index contributed by atoms with van der Waals surface area (Å²) in [4.78, 5) is 14.0. The van der Waals surface area contributed by atoms with Gasteiger partial charge in [-0.05, 0) is 49.6 Å². The van der Waals surface area contributed by atoms with Crippen LogP contribution in [-0.4, -0.2) is 37.6 Å². The zero-order chi connectivity index (χ0) is 15.2. The van der Waals surface area contributed by atoms with E-state index in [4.69, 9.17) is 22.1 Å². The Bertz CT molecular complexity index is 527. The van der Waals surface area contributed by atoms with Crippen LogP contribution < -0.4 is 10.5 Å². The summed E-state index contributed by atoms with van der Waals surface area (Å²) in [5, 5.41) is 0.617. The van der Waals surface area contributed by atoms with Gasteiger partial charge in [-0.15, -0.1) is 12.4 Å². The first-order chi connectivity index (χ1) is 10.1. The topological polar surface area (TPSA) is 55.6 Å². The molecule has 22 heavy (non-hydrogen) atoms. The second-order valence-electron chi connectivity index (χ2n) is 5.22. The Morgan fingerprint density at radius 1 is 1.45 bits per heavy atom. The number of carbonyl (C=O) groups is 1. The van der Waals surface area contributed by atoms with E-state index in [0.29, 0.717) is 23.2 Å². The monoisotopic (exact) mass is 344 g/mol. The Morgan fingerprint density at radius 2 is 2.14 bits per heavy atom. The zero-order valence-electron chi connectivity index (χ0n) is 12.6. The van der Waals surface area contributed by atoms with Gasteiger partial charge in [0.05, 0.1) is 7.11 Å². The van der Waals surface area contributed by atoms with Crippen LogP contribution in [0.3, 0.4) is 0 Å². The summed E-state index contributed by atoms with van der Waals surface area (Å²) < 4.78 is 5.26. The third kappa shape index (κ3) is 4.90. The molecule has 122 valence electrons. The van der Waals surface area contributed by atoms with Gasteiger partial charge in [0.25, 0.3) is 0 Å². The number of likely N-dealkylation sites (tertiary alicyclic amines) is 1. The molecule has 0 spiro atoms. The van der Waals surface area contributed by atoms with E-state index < -0.39 is 0 Å². The third-order valence-corrected chi connectivity index (χ3v) is 4.09. The first kappa shape index (κ1) is 18.8. The average Bonchev–Trinajstić information content (AvgIpc) is 2.52. The Morgan fingerprint density at radius 3 is 2.73 bits per heavy atom. The highest BCUT2D eigenvalue weighted by molar-refractivity contribution is 6.30. The van der Waals surface area contributed by atoms with Crippen LogP contribution >= 0.6 is 24.0 Å². The quantitative estimate of drug-likeness (QED) is 0.854. The van der Waals surface area contributed by atoms with Gasteiger partial charge in [0, 0.05) is 29.8 Å². The summed E-state index contributed by atoms with van der Waals surface area (Å²) in [6, 6.07) is 5.33. The van der Waals surface area contributed by atoms with Crippen LogP contribution in [0, 0.1) is 5.92 Å². The normalized spacial score (nSPS) is 15.7. The van der Waals surface area contributed by atoms with Crippen molar-refractivity contribution in [2.75, 3.05) is 26.7 Å². The van der Waals surface area contributed by atoms with Crippen LogP contribution in [0.4, 0.5) is 0 Å². The number of carbonyl (C=O) groups excluding carboxylic acids is 1. The molecule has 0 aliphatic carbocycles. The molecule has 0 bridgehead atoms. The summed E-state index contributed by atoms with van der Waals surface area (Å²) in [6.07, 6.45) is 5.30. The van der Waals surface area contributed by atoms with Crippen LogP contribution in [-0.2, 0) is 4.79 Å².